The first-order valence-electron chi connectivity index (χ1n) is 12.5. The Morgan fingerprint density at radius 1 is 0.939 bits per heavy atom. The van der Waals surface area contributed by atoms with Crippen molar-refractivity contribution < 1.29 is 9.53 Å². The Morgan fingerprint density at radius 3 is 2.52 bits per heavy atom. The second-order valence-corrected chi connectivity index (χ2v) is 9.02. The van der Waals surface area contributed by atoms with E-state index in [-0.39, 0.29) is 18.1 Å². The third kappa shape index (κ3) is 4.85. The molecule has 1 aliphatic heterocycles. The molecule has 0 aromatic heterocycles. The van der Waals surface area contributed by atoms with Gasteiger partial charge >= 0.3 is 0 Å². The predicted octanol–water partition coefficient (Wildman–Crippen LogP) is 7.55. The number of hydrogen-bond donors (Lipinski definition) is 1. The number of benzene rings is 3. The van der Waals surface area contributed by atoms with Gasteiger partial charge in [-0.25, -0.2) is 0 Å². The van der Waals surface area contributed by atoms with Crippen molar-refractivity contribution in [2.75, 3.05) is 11.9 Å². The van der Waals surface area contributed by atoms with Crippen LogP contribution in [0.3, 0.4) is 0 Å². The maximum atomic E-state index is 13.7. The number of hydrogen-bond acceptors (Lipinski definition) is 3. The van der Waals surface area contributed by atoms with Crippen LogP contribution in [0, 0.1) is 0 Å². The quantitative estimate of drug-likeness (QED) is 0.328. The lowest BCUT2D eigenvalue weighted by Gasteiger charge is -2.42. The maximum Gasteiger partial charge on any atom is 0.258 e. The lowest BCUT2D eigenvalue weighted by atomic mass is 9.96. The van der Waals surface area contributed by atoms with Crippen LogP contribution in [0.15, 0.2) is 60.7 Å². The van der Waals surface area contributed by atoms with Crippen LogP contribution in [0.2, 0.25) is 0 Å². The van der Waals surface area contributed by atoms with Crippen molar-refractivity contribution in [3.8, 4) is 5.75 Å². The van der Waals surface area contributed by atoms with Crippen LogP contribution in [0.1, 0.15) is 81.4 Å². The highest BCUT2D eigenvalue weighted by molar-refractivity contribution is 6.02. The van der Waals surface area contributed by atoms with Crippen molar-refractivity contribution in [2.24, 2.45) is 0 Å². The molecule has 3 aromatic carbocycles. The van der Waals surface area contributed by atoms with Crippen molar-refractivity contribution in [2.45, 2.75) is 71.5 Å². The number of carbonyl (C=O) groups excluding carboxylic acids is 1. The summed E-state index contributed by atoms with van der Waals surface area (Å²) in [5.41, 5.74) is 2.66. The molecule has 4 nitrogen and oxygen atoms in total. The molecule has 4 heteroatoms. The number of ether oxygens (including phenoxy) is 1. The minimum absolute atomic E-state index is 0.0714. The van der Waals surface area contributed by atoms with E-state index in [4.69, 9.17) is 4.74 Å². The van der Waals surface area contributed by atoms with E-state index in [0.717, 1.165) is 46.2 Å². The number of unbranched alkanes of at least 4 members (excludes halogenated alkanes) is 4. The van der Waals surface area contributed by atoms with Gasteiger partial charge in [0.25, 0.3) is 5.91 Å². The van der Waals surface area contributed by atoms with Gasteiger partial charge in [0.15, 0.2) is 0 Å². The first-order valence-corrected chi connectivity index (χ1v) is 12.5. The van der Waals surface area contributed by atoms with Crippen LogP contribution in [0.5, 0.6) is 5.75 Å². The highest BCUT2D eigenvalue weighted by atomic mass is 16.5. The molecule has 1 aliphatic rings. The standard InChI is InChI=1S/C29H36N2O2/c1-4-6-7-8-13-20-33-26-19-18-22-14-9-10-15-23(22)27(26)28-30-25-17-12-11-16-24(25)29(32)31(28)21(3)5-2/h9-12,14-19,21,28,30H,4-8,13,20H2,1-3H3. The molecule has 0 spiro atoms. The second-order valence-electron chi connectivity index (χ2n) is 9.02. The topological polar surface area (TPSA) is 41.6 Å². The summed E-state index contributed by atoms with van der Waals surface area (Å²) in [4.78, 5) is 15.7. The molecule has 0 saturated heterocycles. The van der Waals surface area contributed by atoms with E-state index in [1.54, 1.807) is 0 Å². The van der Waals surface area contributed by atoms with Gasteiger partial charge in [-0.05, 0) is 48.7 Å². The SMILES string of the molecule is CCCCCCCOc1ccc2ccccc2c1C1Nc2ccccc2C(=O)N1C(C)CC. The number of amides is 1. The molecule has 2 atom stereocenters. The van der Waals surface area contributed by atoms with E-state index in [0.29, 0.717) is 6.61 Å². The average Bonchev–Trinajstić information content (AvgIpc) is 2.85. The summed E-state index contributed by atoms with van der Waals surface area (Å²) in [5, 5.41) is 5.96. The van der Waals surface area contributed by atoms with Crippen molar-refractivity contribution in [3.63, 3.8) is 0 Å². The number of fused-ring (bicyclic) bond motifs is 2. The molecule has 4 rings (SSSR count). The van der Waals surface area contributed by atoms with Crippen LogP contribution in [-0.4, -0.2) is 23.5 Å². The summed E-state index contributed by atoms with van der Waals surface area (Å²) in [5.74, 6) is 0.935. The van der Waals surface area contributed by atoms with Crippen LogP contribution in [0.4, 0.5) is 5.69 Å². The summed E-state index contributed by atoms with van der Waals surface area (Å²) < 4.78 is 6.39. The molecule has 0 bridgehead atoms. The van der Waals surface area contributed by atoms with Gasteiger partial charge in [0.1, 0.15) is 11.9 Å². The molecule has 0 radical (unpaired) electrons. The van der Waals surface area contributed by atoms with Crippen molar-refractivity contribution >= 4 is 22.4 Å². The van der Waals surface area contributed by atoms with Crippen molar-refractivity contribution in [1.29, 1.82) is 0 Å². The Morgan fingerprint density at radius 2 is 1.70 bits per heavy atom. The molecule has 0 aliphatic carbocycles. The third-order valence-corrected chi connectivity index (χ3v) is 6.74. The van der Waals surface area contributed by atoms with Gasteiger partial charge in [0.05, 0.1) is 12.2 Å². The molecule has 0 saturated carbocycles. The lowest BCUT2D eigenvalue weighted by molar-refractivity contribution is 0.0592. The number of anilines is 1. The summed E-state index contributed by atoms with van der Waals surface area (Å²) >= 11 is 0. The van der Waals surface area contributed by atoms with E-state index < -0.39 is 0 Å². The van der Waals surface area contributed by atoms with E-state index in [1.807, 2.05) is 29.2 Å². The summed E-state index contributed by atoms with van der Waals surface area (Å²) in [7, 11) is 0. The van der Waals surface area contributed by atoms with Crippen LogP contribution in [-0.2, 0) is 0 Å². The minimum Gasteiger partial charge on any atom is -0.493 e. The Bertz CT molecular complexity index is 1090. The van der Waals surface area contributed by atoms with Crippen molar-refractivity contribution in [1.82, 2.24) is 4.90 Å². The fraction of sp³-hybridized carbons (Fsp3) is 0.414. The Kier molecular flexibility index (Phi) is 7.54. The lowest BCUT2D eigenvalue weighted by Crippen LogP contribution is -2.47. The molecular formula is C29H36N2O2. The molecule has 1 N–H and O–H groups in total. The van der Waals surface area contributed by atoms with Gasteiger partial charge in [-0.2, -0.15) is 0 Å². The van der Waals surface area contributed by atoms with Crippen LogP contribution >= 0.6 is 0 Å². The minimum atomic E-state index is -0.288. The molecule has 2 unspecified atom stereocenters. The smallest absolute Gasteiger partial charge is 0.258 e. The number of para-hydroxylation sites is 1. The third-order valence-electron chi connectivity index (χ3n) is 6.74. The maximum absolute atomic E-state index is 13.7. The Balaban J connectivity index is 1.75. The molecule has 33 heavy (non-hydrogen) atoms. The zero-order chi connectivity index (χ0) is 23.2. The number of rotatable bonds is 10. The molecule has 0 fully saturated rings. The predicted molar refractivity (Wildman–Crippen MR) is 137 cm³/mol. The highest BCUT2D eigenvalue weighted by Crippen LogP contribution is 2.41. The monoisotopic (exact) mass is 444 g/mol. The van der Waals surface area contributed by atoms with E-state index in [9.17, 15) is 4.79 Å². The molecule has 3 aromatic rings. The van der Waals surface area contributed by atoms with Crippen LogP contribution in [0.25, 0.3) is 10.8 Å². The second kappa shape index (κ2) is 10.7. The van der Waals surface area contributed by atoms with E-state index in [2.05, 4.69) is 62.5 Å². The van der Waals surface area contributed by atoms with Gasteiger partial charge in [-0.15, -0.1) is 0 Å². The van der Waals surface area contributed by atoms with Gasteiger partial charge in [0, 0.05) is 17.3 Å². The molecule has 1 amide bonds. The van der Waals surface area contributed by atoms with Crippen LogP contribution < -0.4 is 10.1 Å². The van der Waals surface area contributed by atoms with Crippen molar-refractivity contribution in [3.05, 3.63) is 71.8 Å². The first kappa shape index (κ1) is 23.2. The summed E-state index contributed by atoms with van der Waals surface area (Å²) in [6, 6.07) is 20.5. The summed E-state index contributed by atoms with van der Waals surface area (Å²) in [6.45, 7) is 7.18. The van der Waals surface area contributed by atoms with Gasteiger partial charge in [-0.3, -0.25) is 4.79 Å². The zero-order valence-corrected chi connectivity index (χ0v) is 20.1. The number of carbonyl (C=O) groups is 1. The Hall–Kier alpha value is -3.01. The largest absolute Gasteiger partial charge is 0.493 e. The normalized spacial score (nSPS) is 16.4. The fourth-order valence-corrected chi connectivity index (χ4v) is 4.70. The number of nitrogens with one attached hydrogen (secondary N) is 1. The molecular weight excluding hydrogens is 408 g/mol. The van der Waals surface area contributed by atoms with Gasteiger partial charge in [-0.1, -0.05) is 82.0 Å². The Labute approximate surface area is 197 Å². The molecule has 174 valence electrons. The fourth-order valence-electron chi connectivity index (χ4n) is 4.70. The molecule has 1 heterocycles. The summed E-state index contributed by atoms with van der Waals surface area (Å²) in [6.07, 6.45) is 6.59. The average molecular weight is 445 g/mol. The first-order chi connectivity index (χ1) is 16.2. The zero-order valence-electron chi connectivity index (χ0n) is 20.1. The van der Waals surface area contributed by atoms with E-state index >= 15 is 0 Å². The van der Waals surface area contributed by atoms with E-state index in [1.165, 1.54) is 25.7 Å². The van der Waals surface area contributed by atoms with Gasteiger partial charge < -0.3 is 15.0 Å². The highest BCUT2D eigenvalue weighted by Gasteiger charge is 2.37. The number of nitrogens with zero attached hydrogens (tertiary/aromatic N) is 1. The van der Waals surface area contributed by atoms with Gasteiger partial charge in [0.2, 0.25) is 0 Å².